The summed E-state index contributed by atoms with van der Waals surface area (Å²) in [5.74, 6) is 0. The Balaban J connectivity index is 3.44. The lowest BCUT2D eigenvalue weighted by molar-refractivity contribution is -0.170. The number of hydrogen-bond acceptors (Lipinski definition) is 2. The van der Waals surface area contributed by atoms with Gasteiger partial charge < -0.3 is 9.47 Å². The maximum absolute atomic E-state index is 5.41. The van der Waals surface area contributed by atoms with Crippen LogP contribution in [0.25, 0.3) is 0 Å². The second-order valence-electron chi connectivity index (χ2n) is 3.53. The molecule has 0 fully saturated rings. The molecule has 0 saturated heterocycles. The summed E-state index contributed by atoms with van der Waals surface area (Å²) in [4.78, 5) is 0. The average Bonchev–Trinajstić information content (AvgIpc) is 1.79. The first-order valence-electron chi connectivity index (χ1n) is 4.08. The molecular formula is C9H19O2. The quantitative estimate of drug-likeness (QED) is 0.586. The van der Waals surface area contributed by atoms with Crippen LogP contribution in [0.2, 0.25) is 0 Å². The molecule has 0 N–H and O–H groups in total. The molecule has 0 saturated carbocycles. The molecule has 1 unspecified atom stereocenters. The Labute approximate surface area is 69.9 Å². The predicted octanol–water partition coefficient (Wildman–Crippen LogP) is 2.39. The topological polar surface area (TPSA) is 18.5 Å². The van der Waals surface area contributed by atoms with Gasteiger partial charge in [0.25, 0.3) is 0 Å². The monoisotopic (exact) mass is 159 g/mol. The molecule has 1 radical (unpaired) electrons. The predicted molar refractivity (Wildman–Crippen MR) is 46.2 cm³/mol. The third-order valence-electron chi connectivity index (χ3n) is 0.993. The van der Waals surface area contributed by atoms with Crippen molar-refractivity contribution in [2.45, 2.75) is 46.0 Å². The smallest absolute Gasteiger partial charge is 0.158 e. The van der Waals surface area contributed by atoms with Crippen LogP contribution in [0.1, 0.15) is 34.1 Å². The lowest BCUT2D eigenvalue weighted by atomic mass is 10.2. The molecule has 2 nitrogen and oxygen atoms in total. The van der Waals surface area contributed by atoms with Gasteiger partial charge in [0.05, 0.1) is 5.60 Å². The minimum Gasteiger partial charge on any atom is -0.353 e. The van der Waals surface area contributed by atoms with E-state index in [4.69, 9.17) is 9.47 Å². The summed E-state index contributed by atoms with van der Waals surface area (Å²) in [6.45, 7) is 12.4. The molecule has 0 bridgehead atoms. The third-order valence-corrected chi connectivity index (χ3v) is 0.993. The fraction of sp³-hybridized carbons (Fsp3) is 0.889. The van der Waals surface area contributed by atoms with E-state index in [0.29, 0.717) is 6.61 Å². The molecule has 11 heavy (non-hydrogen) atoms. The number of ether oxygens (including phenoxy) is 2. The first-order chi connectivity index (χ1) is 4.95. The van der Waals surface area contributed by atoms with Crippen LogP contribution in [0.3, 0.4) is 0 Å². The Kier molecular flexibility index (Phi) is 4.69. The van der Waals surface area contributed by atoms with Crippen LogP contribution in [-0.2, 0) is 9.47 Å². The molecule has 0 aromatic carbocycles. The Morgan fingerprint density at radius 2 is 1.91 bits per heavy atom. The highest BCUT2D eigenvalue weighted by atomic mass is 16.7. The van der Waals surface area contributed by atoms with Crippen LogP contribution < -0.4 is 0 Å². The maximum atomic E-state index is 5.41. The normalized spacial score (nSPS) is 15.0. The summed E-state index contributed by atoms with van der Waals surface area (Å²) < 4.78 is 10.6. The molecular weight excluding hydrogens is 140 g/mol. The average molecular weight is 159 g/mol. The highest BCUT2D eigenvalue weighted by Gasteiger charge is 2.14. The van der Waals surface area contributed by atoms with Gasteiger partial charge in [0.1, 0.15) is 0 Å². The van der Waals surface area contributed by atoms with E-state index in [1.54, 1.807) is 0 Å². The van der Waals surface area contributed by atoms with Crippen molar-refractivity contribution in [3.63, 3.8) is 0 Å². The van der Waals surface area contributed by atoms with Crippen molar-refractivity contribution in [3.8, 4) is 0 Å². The van der Waals surface area contributed by atoms with Crippen LogP contribution >= 0.6 is 0 Å². The molecule has 0 amide bonds. The lowest BCUT2D eigenvalue weighted by Crippen LogP contribution is -2.27. The summed E-state index contributed by atoms with van der Waals surface area (Å²) >= 11 is 0. The van der Waals surface area contributed by atoms with E-state index < -0.39 is 0 Å². The van der Waals surface area contributed by atoms with Gasteiger partial charge in [0, 0.05) is 13.5 Å². The van der Waals surface area contributed by atoms with Crippen molar-refractivity contribution in [2.24, 2.45) is 0 Å². The first-order valence-corrected chi connectivity index (χ1v) is 4.08. The van der Waals surface area contributed by atoms with E-state index in [2.05, 4.69) is 13.8 Å². The largest absolute Gasteiger partial charge is 0.353 e. The van der Waals surface area contributed by atoms with Crippen LogP contribution in [0, 0.1) is 6.92 Å². The Morgan fingerprint density at radius 1 is 1.36 bits per heavy atom. The van der Waals surface area contributed by atoms with Gasteiger partial charge in [-0.1, -0.05) is 6.92 Å². The Hall–Kier alpha value is -0.0800. The second-order valence-corrected chi connectivity index (χ2v) is 3.53. The highest BCUT2D eigenvalue weighted by molar-refractivity contribution is 4.61. The Bertz CT molecular complexity index is 94.2. The van der Waals surface area contributed by atoms with E-state index in [1.807, 2.05) is 20.8 Å². The molecule has 0 aromatic heterocycles. The van der Waals surface area contributed by atoms with Crippen LogP contribution in [0.4, 0.5) is 0 Å². The van der Waals surface area contributed by atoms with Gasteiger partial charge in [-0.25, -0.2) is 0 Å². The van der Waals surface area contributed by atoms with Gasteiger partial charge in [-0.15, -0.1) is 0 Å². The van der Waals surface area contributed by atoms with E-state index in [-0.39, 0.29) is 11.9 Å². The van der Waals surface area contributed by atoms with Crippen LogP contribution in [0.5, 0.6) is 0 Å². The van der Waals surface area contributed by atoms with Gasteiger partial charge in [-0.05, 0) is 27.2 Å². The van der Waals surface area contributed by atoms with E-state index in [0.717, 1.165) is 6.42 Å². The third kappa shape index (κ3) is 7.82. The summed E-state index contributed by atoms with van der Waals surface area (Å²) in [5.41, 5.74) is -0.167. The SMILES string of the molecule is [CH2]C(OCCC)OC(C)(C)C. The fourth-order valence-electron chi connectivity index (χ4n) is 0.678. The molecule has 0 aromatic rings. The molecule has 0 aliphatic heterocycles. The van der Waals surface area contributed by atoms with Gasteiger partial charge in [0.15, 0.2) is 6.29 Å². The van der Waals surface area contributed by atoms with Crippen molar-refractivity contribution in [2.75, 3.05) is 6.61 Å². The minimum atomic E-state index is -0.338. The molecule has 67 valence electrons. The van der Waals surface area contributed by atoms with Crippen LogP contribution in [-0.4, -0.2) is 18.5 Å². The zero-order valence-corrected chi connectivity index (χ0v) is 8.02. The zero-order valence-electron chi connectivity index (χ0n) is 8.02. The van der Waals surface area contributed by atoms with Gasteiger partial charge >= 0.3 is 0 Å². The van der Waals surface area contributed by atoms with Crippen molar-refractivity contribution in [1.29, 1.82) is 0 Å². The van der Waals surface area contributed by atoms with Gasteiger partial charge in [-0.2, -0.15) is 0 Å². The zero-order chi connectivity index (χ0) is 8.91. The summed E-state index contributed by atoms with van der Waals surface area (Å²) in [6.07, 6.45) is 0.662. The molecule has 2 heteroatoms. The maximum Gasteiger partial charge on any atom is 0.158 e. The van der Waals surface area contributed by atoms with Gasteiger partial charge in [0.2, 0.25) is 0 Å². The molecule has 0 aliphatic carbocycles. The van der Waals surface area contributed by atoms with E-state index in [9.17, 15) is 0 Å². The number of hydrogen-bond donors (Lipinski definition) is 0. The van der Waals surface area contributed by atoms with Crippen molar-refractivity contribution >= 4 is 0 Å². The summed E-state index contributed by atoms with van der Waals surface area (Å²) in [5, 5.41) is 0. The van der Waals surface area contributed by atoms with Crippen LogP contribution in [0.15, 0.2) is 0 Å². The first kappa shape index (κ1) is 10.9. The van der Waals surface area contributed by atoms with Crippen molar-refractivity contribution in [3.05, 3.63) is 6.92 Å². The molecule has 0 aliphatic rings. The lowest BCUT2D eigenvalue weighted by Gasteiger charge is -2.24. The molecule has 0 heterocycles. The standard InChI is InChI=1S/C9H19O2/c1-6-7-10-8(2)11-9(3,4)5/h8H,2,6-7H2,1,3-5H3. The van der Waals surface area contributed by atoms with Crippen molar-refractivity contribution < 1.29 is 9.47 Å². The number of rotatable bonds is 4. The second kappa shape index (κ2) is 4.73. The van der Waals surface area contributed by atoms with E-state index >= 15 is 0 Å². The summed E-state index contributed by atoms with van der Waals surface area (Å²) in [6, 6.07) is 0. The van der Waals surface area contributed by atoms with E-state index in [1.165, 1.54) is 0 Å². The fourth-order valence-corrected chi connectivity index (χ4v) is 0.678. The highest BCUT2D eigenvalue weighted by Crippen LogP contribution is 2.10. The summed E-state index contributed by atoms with van der Waals surface area (Å²) in [7, 11) is 0. The minimum absolute atomic E-state index is 0.167. The molecule has 1 atom stereocenters. The molecule has 0 spiro atoms. The Morgan fingerprint density at radius 3 is 2.27 bits per heavy atom. The van der Waals surface area contributed by atoms with Gasteiger partial charge in [-0.3, -0.25) is 0 Å². The van der Waals surface area contributed by atoms with Crippen molar-refractivity contribution in [1.82, 2.24) is 0 Å². The molecule has 0 rings (SSSR count).